The Balaban J connectivity index is 4.19. The van der Waals surface area contributed by atoms with Crippen molar-refractivity contribution in [3.63, 3.8) is 0 Å². The summed E-state index contributed by atoms with van der Waals surface area (Å²) in [6.07, 6.45) is 6.89. The molecule has 0 spiro atoms. The van der Waals surface area contributed by atoms with Crippen LogP contribution in [-0.2, 0) is 0 Å². The molecule has 0 aliphatic heterocycles. The highest BCUT2D eigenvalue weighted by Gasteiger charge is 2.23. The minimum atomic E-state index is 0.476. The topological polar surface area (TPSA) is 0 Å². The predicted octanol–water partition coefficient (Wildman–Crippen LogP) is 6.94. The van der Waals surface area contributed by atoms with Gasteiger partial charge < -0.3 is 0 Å². The van der Waals surface area contributed by atoms with Gasteiger partial charge in [-0.3, -0.25) is 0 Å². The van der Waals surface area contributed by atoms with Gasteiger partial charge in [-0.2, -0.15) is 0 Å². The van der Waals surface area contributed by atoms with Crippen LogP contribution in [0.4, 0.5) is 0 Å². The molecule has 3 unspecified atom stereocenters. The average Bonchev–Trinajstić information content (AvgIpc) is 2.12. The van der Waals surface area contributed by atoms with E-state index >= 15 is 0 Å². The highest BCUT2D eigenvalue weighted by molar-refractivity contribution is 4.74. The normalized spacial score (nSPS) is 18.2. The molecule has 0 aromatic rings. The molecule has 3 atom stereocenters. The Hall–Kier alpha value is 0. The smallest absolute Gasteiger partial charge is 0.0380 e. The van der Waals surface area contributed by atoms with Crippen molar-refractivity contribution in [1.29, 1.82) is 0 Å². The molecule has 0 heterocycles. The second-order valence-corrected chi connectivity index (χ2v) is 9.36. The SMILES string of the molecule is CCC(CCC(C)CC(C)(C)C)C(C)CC(C)(C)C. The van der Waals surface area contributed by atoms with Gasteiger partial charge in [0.1, 0.15) is 0 Å². The third-order valence-electron chi connectivity index (χ3n) is 4.25. The van der Waals surface area contributed by atoms with Gasteiger partial charge in [0, 0.05) is 0 Å². The molecule has 0 aromatic heterocycles. The van der Waals surface area contributed by atoms with Gasteiger partial charge in [0.25, 0.3) is 0 Å². The predicted molar refractivity (Wildman–Crippen MR) is 89.5 cm³/mol. The maximum absolute atomic E-state index is 2.47. The molecule has 0 N–H and O–H groups in total. The molecule has 0 amide bonds. The van der Waals surface area contributed by atoms with Crippen LogP contribution >= 0.6 is 0 Å². The van der Waals surface area contributed by atoms with Crippen molar-refractivity contribution < 1.29 is 0 Å². The van der Waals surface area contributed by atoms with Crippen LogP contribution in [-0.4, -0.2) is 0 Å². The minimum Gasteiger partial charge on any atom is -0.0651 e. The Morgan fingerprint density at radius 1 is 0.737 bits per heavy atom. The zero-order valence-electron chi connectivity index (χ0n) is 15.3. The van der Waals surface area contributed by atoms with Gasteiger partial charge in [0.15, 0.2) is 0 Å². The van der Waals surface area contributed by atoms with Gasteiger partial charge in [0.05, 0.1) is 0 Å². The van der Waals surface area contributed by atoms with E-state index in [0.717, 1.165) is 17.8 Å². The Kier molecular flexibility index (Phi) is 7.70. The summed E-state index contributed by atoms with van der Waals surface area (Å²) in [6.45, 7) is 21.5. The zero-order chi connectivity index (χ0) is 15.3. The average molecular weight is 269 g/mol. The first-order valence-electron chi connectivity index (χ1n) is 8.44. The second kappa shape index (κ2) is 7.70. The monoisotopic (exact) mass is 268 g/mol. The van der Waals surface area contributed by atoms with Gasteiger partial charge in [-0.05, 0) is 47.8 Å². The van der Waals surface area contributed by atoms with Gasteiger partial charge in [0.2, 0.25) is 0 Å². The van der Waals surface area contributed by atoms with Crippen LogP contribution in [0.15, 0.2) is 0 Å². The Morgan fingerprint density at radius 2 is 1.21 bits per heavy atom. The molecule has 0 saturated carbocycles. The van der Waals surface area contributed by atoms with E-state index in [1.165, 1.54) is 32.1 Å². The largest absolute Gasteiger partial charge is 0.0651 e. The lowest BCUT2D eigenvalue weighted by atomic mass is 9.75. The molecule has 116 valence electrons. The molecule has 0 rings (SSSR count). The van der Waals surface area contributed by atoms with Crippen molar-refractivity contribution >= 4 is 0 Å². The minimum absolute atomic E-state index is 0.476. The van der Waals surface area contributed by atoms with Crippen molar-refractivity contribution in [2.24, 2.45) is 28.6 Å². The maximum atomic E-state index is 2.47. The van der Waals surface area contributed by atoms with Gasteiger partial charge in [-0.1, -0.05) is 75.2 Å². The molecule has 0 aromatic carbocycles. The van der Waals surface area contributed by atoms with Gasteiger partial charge in [-0.15, -0.1) is 0 Å². The Morgan fingerprint density at radius 3 is 1.58 bits per heavy atom. The van der Waals surface area contributed by atoms with E-state index in [-0.39, 0.29) is 0 Å². The molecule has 0 radical (unpaired) electrons. The third kappa shape index (κ3) is 10.4. The van der Waals surface area contributed by atoms with E-state index in [0.29, 0.717) is 10.8 Å². The van der Waals surface area contributed by atoms with Crippen LogP contribution in [0.3, 0.4) is 0 Å². The Bertz CT molecular complexity index is 225. The molecule has 0 aliphatic rings. The van der Waals surface area contributed by atoms with Gasteiger partial charge in [-0.25, -0.2) is 0 Å². The molecule has 0 fully saturated rings. The van der Waals surface area contributed by atoms with Crippen LogP contribution in [0, 0.1) is 28.6 Å². The van der Waals surface area contributed by atoms with Crippen LogP contribution in [0.1, 0.15) is 94.4 Å². The number of hydrogen-bond donors (Lipinski definition) is 0. The molecule has 0 saturated heterocycles. The van der Waals surface area contributed by atoms with E-state index in [4.69, 9.17) is 0 Å². The number of hydrogen-bond acceptors (Lipinski definition) is 0. The van der Waals surface area contributed by atoms with Crippen LogP contribution in [0.5, 0.6) is 0 Å². The summed E-state index contributed by atoms with van der Waals surface area (Å²) in [7, 11) is 0. The summed E-state index contributed by atoms with van der Waals surface area (Å²) in [4.78, 5) is 0. The van der Waals surface area contributed by atoms with Crippen molar-refractivity contribution in [2.45, 2.75) is 94.4 Å². The second-order valence-electron chi connectivity index (χ2n) is 9.36. The van der Waals surface area contributed by atoms with Crippen molar-refractivity contribution in [3.05, 3.63) is 0 Å². The molecule has 0 aliphatic carbocycles. The first kappa shape index (κ1) is 19.0. The summed E-state index contributed by atoms with van der Waals surface area (Å²) >= 11 is 0. The van der Waals surface area contributed by atoms with E-state index in [9.17, 15) is 0 Å². The molecule has 0 nitrogen and oxygen atoms in total. The summed E-state index contributed by atoms with van der Waals surface area (Å²) in [6, 6.07) is 0. The maximum Gasteiger partial charge on any atom is -0.0380 e. The van der Waals surface area contributed by atoms with Crippen LogP contribution < -0.4 is 0 Å². The fourth-order valence-electron chi connectivity index (χ4n) is 3.67. The fourth-order valence-corrected chi connectivity index (χ4v) is 3.67. The van der Waals surface area contributed by atoms with Gasteiger partial charge >= 0.3 is 0 Å². The molecule has 0 bridgehead atoms. The summed E-state index contributed by atoms with van der Waals surface area (Å²) in [5.74, 6) is 2.66. The first-order chi connectivity index (χ1) is 8.44. The van der Waals surface area contributed by atoms with Crippen LogP contribution in [0.2, 0.25) is 0 Å². The van der Waals surface area contributed by atoms with Crippen molar-refractivity contribution in [2.75, 3.05) is 0 Å². The summed E-state index contributed by atoms with van der Waals surface area (Å²) in [5.41, 5.74) is 0.960. The van der Waals surface area contributed by atoms with E-state index in [1.54, 1.807) is 0 Å². The molecular weight excluding hydrogens is 228 g/mol. The molecule has 0 heteroatoms. The van der Waals surface area contributed by atoms with E-state index in [2.05, 4.69) is 62.3 Å². The highest BCUT2D eigenvalue weighted by Crippen LogP contribution is 2.34. The third-order valence-corrected chi connectivity index (χ3v) is 4.25. The summed E-state index contributed by atoms with van der Waals surface area (Å²) in [5, 5.41) is 0. The number of rotatable bonds is 7. The van der Waals surface area contributed by atoms with E-state index < -0.39 is 0 Å². The lowest BCUT2D eigenvalue weighted by Crippen LogP contribution is -2.19. The highest BCUT2D eigenvalue weighted by atomic mass is 14.3. The lowest BCUT2D eigenvalue weighted by molar-refractivity contribution is 0.206. The lowest BCUT2D eigenvalue weighted by Gasteiger charge is -2.30. The molecule has 19 heavy (non-hydrogen) atoms. The fraction of sp³-hybridized carbons (Fsp3) is 1.00. The Labute approximate surface area is 123 Å². The quantitative estimate of drug-likeness (QED) is 0.469. The zero-order valence-corrected chi connectivity index (χ0v) is 15.3. The van der Waals surface area contributed by atoms with Crippen LogP contribution in [0.25, 0.3) is 0 Å². The molecular formula is C19H40. The van der Waals surface area contributed by atoms with Crippen molar-refractivity contribution in [3.8, 4) is 0 Å². The standard InChI is InChI=1S/C19H40/c1-10-17(16(3)14-19(7,8)9)12-11-15(2)13-18(4,5)6/h15-17H,10-14H2,1-9H3. The van der Waals surface area contributed by atoms with Crippen molar-refractivity contribution in [1.82, 2.24) is 0 Å². The first-order valence-corrected chi connectivity index (χ1v) is 8.44. The van der Waals surface area contributed by atoms with E-state index in [1.807, 2.05) is 0 Å². The summed E-state index contributed by atoms with van der Waals surface area (Å²) < 4.78 is 0.